The highest BCUT2D eigenvalue weighted by atomic mass is 16.7. The van der Waals surface area contributed by atoms with Crippen LogP contribution in [0.4, 0.5) is 0 Å². The number of carbonyl (C=O) groups excluding carboxylic acids is 3. The number of rotatable bonds is 43. The fourth-order valence-electron chi connectivity index (χ4n) is 7.55. The molecule has 1 rings (SSSR count). The lowest BCUT2D eigenvalue weighted by molar-refractivity contribution is -0.301. The third-order valence-corrected chi connectivity index (χ3v) is 11.6. The summed E-state index contributed by atoms with van der Waals surface area (Å²) in [5.41, 5.74) is 0. The molecule has 6 atom stereocenters. The van der Waals surface area contributed by atoms with Gasteiger partial charge in [0.05, 0.1) is 6.61 Å². The van der Waals surface area contributed by atoms with Gasteiger partial charge < -0.3 is 39.0 Å². The van der Waals surface area contributed by atoms with E-state index in [2.05, 4.69) is 69.4 Å². The zero-order valence-corrected chi connectivity index (χ0v) is 41.9. The maximum Gasteiger partial charge on any atom is 0.335 e. The highest BCUT2D eigenvalue weighted by Crippen LogP contribution is 2.26. The molecule has 67 heavy (non-hydrogen) atoms. The molecular formula is C55H92O12. The summed E-state index contributed by atoms with van der Waals surface area (Å²) in [5, 5.41) is 31.3. The van der Waals surface area contributed by atoms with Gasteiger partial charge in [0.15, 0.2) is 24.6 Å². The van der Waals surface area contributed by atoms with Crippen LogP contribution in [0.3, 0.4) is 0 Å². The molecule has 0 radical (unpaired) electrons. The number of carboxylic acids is 1. The number of carboxylic acid groups (broad SMARTS) is 1. The Morgan fingerprint density at radius 2 is 0.970 bits per heavy atom. The molecule has 384 valence electrons. The molecule has 1 aliphatic rings. The number of aliphatic carboxylic acids is 1. The van der Waals surface area contributed by atoms with Gasteiger partial charge in [-0.15, -0.1) is 0 Å². The summed E-state index contributed by atoms with van der Waals surface area (Å²) in [5.74, 6) is -3.24. The number of unbranched alkanes of at least 4 members (excludes halogenated alkanes) is 19. The van der Waals surface area contributed by atoms with Crippen LogP contribution in [0, 0.1) is 0 Å². The molecule has 0 aromatic heterocycles. The molecule has 0 saturated carbocycles. The molecule has 0 aromatic rings. The topological polar surface area (TPSA) is 175 Å². The maximum absolute atomic E-state index is 13.0. The van der Waals surface area contributed by atoms with E-state index in [9.17, 15) is 34.5 Å². The van der Waals surface area contributed by atoms with Gasteiger partial charge in [0.2, 0.25) is 0 Å². The van der Waals surface area contributed by atoms with Crippen LogP contribution in [0.5, 0.6) is 0 Å². The minimum atomic E-state index is -1.91. The number of allylic oxidation sites excluding steroid dienone is 10. The van der Waals surface area contributed by atoms with Gasteiger partial charge in [0.25, 0.3) is 0 Å². The van der Waals surface area contributed by atoms with E-state index in [-0.39, 0.29) is 25.9 Å². The number of aliphatic hydroxyl groups excluding tert-OH is 2. The molecule has 3 N–H and O–H groups in total. The third-order valence-electron chi connectivity index (χ3n) is 11.6. The molecular weight excluding hydrogens is 853 g/mol. The van der Waals surface area contributed by atoms with Crippen molar-refractivity contribution >= 4 is 23.9 Å². The standard InChI is InChI=1S/C55H92O12/c1-4-7-10-13-16-19-21-23-24-26-28-31-34-37-40-43-49(58)66-53-51(60)50(59)52(54(61)62)67-55(53)64-45-46(65-48(57)42-39-36-33-29-18-15-12-9-6-3)44-63-47(56)41-38-35-32-30-27-25-22-20-17-14-11-8-5-2/h8,11,17,20,23-25,27,32,35,46,50-53,55,59-60H,4-7,9-10,12-16,18-19,21-22,26,28-31,33-34,36-45H2,1-3H3,(H,61,62)/b11-8-,20-17-,24-23-,27-25-,35-32-. The molecule has 0 amide bonds. The van der Waals surface area contributed by atoms with Gasteiger partial charge in [0.1, 0.15) is 18.8 Å². The minimum absolute atomic E-state index is 0.0442. The predicted molar refractivity (Wildman–Crippen MR) is 266 cm³/mol. The van der Waals surface area contributed by atoms with Crippen molar-refractivity contribution in [2.24, 2.45) is 0 Å². The van der Waals surface area contributed by atoms with E-state index < -0.39 is 67.3 Å². The summed E-state index contributed by atoms with van der Waals surface area (Å²) in [7, 11) is 0. The van der Waals surface area contributed by atoms with E-state index in [0.717, 1.165) is 83.5 Å². The molecule has 1 saturated heterocycles. The first-order valence-electron chi connectivity index (χ1n) is 26.3. The zero-order chi connectivity index (χ0) is 49.0. The van der Waals surface area contributed by atoms with Crippen molar-refractivity contribution in [2.45, 2.75) is 250 Å². The number of aliphatic hydroxyl groups is 2. The van der Waals surface area contributed by atoms with E-state index in [4.69, 9.17) is 23.7 Å². The summed E-state index contributed by atoms with van der Waals surface area (Å²) >= 11 is 0. The van der Waals surface area contributed by atoms with Gasteiger partial charge in [-0.05, 0) is 70.6 Å². The molecule has 6 unspecified atom stereocenters. The van der Waals surface area contributed by atoms with Gasteiger partial charge in [-0.1, -0.05) is 184 Å². The van der Waals surface area contributed by atoms with Crippen LogP contribution in [0.1, 0.15) is 213 Å². The zero-order valence-electron chi connectivity index (χ0n) is 41.9. The lowest BCUT2D eigenvalue weighted by Gasteiger charge is -2.40. The Morgan fingerprint density at radius 1 is 0.507 bits per heavy atom. The second-order valence-corrected chi connectivity index (χ2v) is 17.8. The summed E-state index contributed by atoms with van der Waals surface area (Å²) in [6, 6.07) is 0. The molecule has 0 bridgehead atoms. The quantitative estimate of drug-likeness (QED) is 0.0229. The Kier molecular flexibility index (Phi) is 40.1. The normalized spacial score (nSPS) is 19.3. The van der Waals surface area contributed by atoms with E-state index in [1.54, 1.807) is 0 Å². The van der Waals surface area contributed by atoms with Gasteiger partial charge in [-0.25, -0.2) is 4.79 Å². The van der Waals surface area contributed by atoms with Gasteiger partial charge in [-0.2, -0.15) is 0 Å². The summed E-state index contributed by atoms with van der Waals surface area (Å²) in [6.07, 6.45) is 39.5. The second kappa shape index (κ2) is 43.7. The number of hydrogen-bond donors (Lipinski definition) is 3. The van der Waals surface area contributed by atoms with Crippen LogP contribution in [0.2, 0.25) is 0 Å². The maximum atomic E-state index is 13.0. The van der Waals surface area contributed by atoms with E-state index in [0.29, 0.717) is 19.3 Å². The lowest BCUT2D eigenvalue weighted by Crippen LogP contribution is -2.61. The van der Waals surface area contributed by atoms with Crippen LogP contribution >= 0.6 is 0 Å². The fraction of sp³-hybridized carbons (Fsp3) is 0.745. The summed E-state index contributed by atoms with van der Waals surface area (Å²) < 4.78 is 28.2. The SMILES string of the molecule is CC/C=C\C/C=C\C/C=C\C/C=C\CCC(=O)OCC(COC1OC(C(=O)O)C(O)C(O)C1OC(=O)CCCCCCC/C=C\CCCCCCCC)OC(=O)CCCCCCCCCCC. The predicted octanol–water partition coefficient (Wildman–Crippen LogP) is 12.4. The average Bonchev–Trinajstić information content (AvgIpc) is 3.31. The highest BCUT2D eigenvalue weighted by molar-refractivity contribution is 5.74. The van der Waals surface area contributed by atoms with Crippen molar-refractivity contribution in [1.82, 2.24) is 0 Å². The van der Waals surface area contributed by atoms with Gasteiger partial charge in [-0.3, -0.25) is 14.4 Å². The fourth-order valence-corrected chi connectivity index (χ4v) is 7.55. The van der Waals surface area contributed by atoms with Crippen molar-refractivity contribution < 1.29 is 58.2 Å². The Hall–Kier alpha value is -3.58. The van der Waals surface area contributed by atoms with E-state index >= 15 is 0 Å². The Balaban J connectivity index is 2.75. The first kappa shape index (κ1) is 61.4. The second-order valence-electron chi connectivity index (χ2n) is 17.8. The molecule has 0 spiro atoms. The van der Waals surface area contributed by atoms with E-state index in [1.807, 2.05) is 12.2 Å². The van der Waals surface area contributed by atoms with E-state index in [1.165, 1.54) is 70.6 Å². The van der Waals surface area contributed by atoms with Gasteiger partial charge in [0, 0.05) is 19.3 Å². The van der Waals surface area contributed by atoms with Crippen LogP contribution in [0.15, 0.2) is 60.8 Å². The van der Waals surface area contributed by atoms with Crippen LogP contribution < -0.4 is 0 Å². The monoisotopic (exact) mass is 945 g/mol. The lowest BCUT2D eigenvalue weighted by atomic mass is 9.98. The Labute approximate surface area is 405 Å². The third kappa shape index (κ3) is 34.4. The average molecular weight is 945 g/mol. The highest BCUT2D eigenvalue weighted by Gasteiger charge is 2.50. The number of esters is 3. The van der Waals surface area contributed by atoms with Gasteiger partial charge >= 0.3 is 23.9 Å². The summed E-state index contributed by atoms with van der Waals surface area (Å²) in [6.45, 7) is 5.75. The summed E-state index contributed by atoms with van der Waals surface area (Å²) in [4.78, 5) is 50.7. The van der Waals surface area contributed by atoms with Crippen LogP contribution in [-0.4, -0.2) is 89.2 Å². The first-order valence-corrected chi connectivity index (χ1v) is 26.3. The number of hydrogen-bond acceptors (Lipinski definition) is 11. The molecule has 0 aromatic carbocycles. The largest absolute Gasteiger partial charge is 0.479 e. The molecule has 1 aliphatic heterocycles. The van der Waals surface area contributed by atoms with Crippen molar-refractivity contribution in [2.75, 3.05) is 13.2 Å². The van der Waals surface area contributed by atoms with Crippen LogP contribution in [0.25, 0.3) is 0 Å². The molecule has 0 aliphatic carbocycles. The first-order chi connectivity index (χ1) is 32.6. The van der Waals surface area contributed by atoms with Crippen molar-refractivity contribution in [1.29, 1.82) is 0 Å². The number of ether oxygens (including phenoxy) is 5. The minimum Gasteiger partial charge on any atom is -0.479 e. The number of carbonyl (C=O) groups is 4. The Morgan fingerprint density at radius 3 is 1.49 bits per heavy atom. The Bertz CT molecular complexity index is 1400. The molecule has 1 fully saturated rings. The molecule has 12 nitrogen and oxygen atoms in total. The smallest absolute Gasteiger partial charge is 0.335 e. The molecule has 12 heteroatoms. The van der Waals surface area contributed by atoms with Crippen molar-refractivity contribution in [3.63, 3.8) is 0 Å². The van der Waals surface area contributed by atoms with Crippen LogP contribution in [-0.2, 0) is 42.9 Å². The van der Waals surface area contributed by atoms with Crippen molar-refractivity contribution in [3.05, 3.63) is 60.8 Å². The molecule has 1 heterocycles. The van der Waals surface area contributed by atoms with Crippen molar-refractivity contribution in [3.8, 4) is 0 Å².